The molecule has 2 saturated heterocycles. The van der Waals surface area contributed by atoms with Gasteiger partial charge in [0.15, 0.2) is 10.8 Å². The Morgan fingerprint density at radius 3 is 2.15 bits per heavy atom. The van der Waals surface area contributed by atoms with Crippen molar-refractivity contribution in [2.24, 2.45) is 22.7 Å². The summed E-state index contributed by atoms with van der Waals surface area (Å²) in [6, 6.07) is 13.4. The van der Waals surface area contributed by atoms with Crippen LogP contribution in [0.25, 0.3) is 0 Å². The summed E-state index contributed by atoms with van der Waals surface area (Å²) in [5.74, 6) is -2.73. The second-order valence-corrected chi connectivity index (χ2v) is 7.98. The third-order valence-corrected chi connectivity index (χ3v) is 6.09. The first-order valence-corrected chi connectivity index (χ1v) is 9.00. The van der Waals surface area contributed by atoms with Crippen LogP contribution in [0, 0.1) is 62.1 Å². The van der Waals surface area contributed by atoms with Crippen molar-refractivity contribution in [2.45, 2.75) is 32.7 Å². The quantitative estimate of drug-likeness (QED) is 0.791. The Hall–Kier alpha value is -2.40. The third kappa shape index (κ3) is 1.89. The fourth-order valence-corrected chi connectivity index (χ4v) is 4.47. The predicted octanol–water partition coefficient (Wildman–Crippen LogP) is 3.84. The van der Waals surface area contributed by atoms with Gasteiger partial charge in [0, 0.05) is 10.0 Å². The van der Waals surface area contributed by atoms with Crippen LogP contribution in [0.15, 0.2) is 28.7 Å². The van der Waals surface area contributed by atoms with E-state index in [1.807, 2.05) is 38.1 Å². The number of hydrogen-bond acceptors (Lipinski definition) is 6. The van der Waals surface area contributed by atoms with Gasteiger partial charge in [-0.2, -0.15) is 15.8 Å². The lowest BCUT2D eigenvalue weighted by molar-refractivity contribution is -0.294. The molecule has 1 aromatic carbocycles. The number of nitriles is 3. The Morgan fingerprint density at radius 2 is 1.69 bits per heavy atom. The van der Waals surface area contributed by atoms with E-state index in [0.29, 0.717) is 5.56 Å². The van der Waals surface area contributed by atoms with Crippen LogP contribution < -0.4 is 0 Å². The highest BCUT2D eigenvalue weighted by Gasteiger charge is 2.79. The van der Waals surface area contributed by atoms with Gasteiger partial charge in [-0.05, 0) is 18.1 Å². The number of nitrogens with one attached hydrogen (secondary N) is 1. The van der Waals surface area contributed by atoms with Gasteiger partial charge >= 0.3 is 0 Å². The van der Waals surface area contributed by atoms with Crippen molar-refractivity contribution < 1.29 is 9.47 Å². The van der Waals surface area contributed by atoms with Crippen molar-refractivity contribution in [1.29, 1.82) is 21.2 Å². The molecule has 0 aromatic heterocycles. The lowest BCUT2D eigenvalue weighted by atomic mass is 9.53. The number of nitrogens with zero attached hydrogens (tertiary/aromatic N) is 3. The van der Waals surface area contributed by atoms with E-state index >= 15 is 0 Å². The first-order valence-electron chi connectivity index (χ1n) is 8.21. The van der Waals surface area contributed by atoms with Gasteiger partial charge in [0.1, 0.15) is 0 Å². The van der Waals surface area contributed by atoms with Gasteiger partial charge in [-0.15, -0.1) is 0 Å². The molecule has 26 heavy (non-hydrogen) atoms. The van der Waals surface area contributed by atoms with Gasteiger partial charge < -0.3 is 9.47 Å². The Morgan fingerprint density at radius 1 is 1.12 bits per heavy atom. The largest absolute Gasteiger partial charge is 0.443 e. The maximum atomic E-state index is 10.1. The van der Waals surface area contributed by atoms with Gasteiger partial charge in [-0.3, -0.25) is 5.41 Å². The maximum absolute atomic E-state index is 10.1. The summed E-state index contributed by atoms with van der Waals surface area (Å²) in [4.78, 5) is 0. The Balaban J connectivity index is 2.33. The SMILES string of the molecule is CC(C)C1OC2(c3ccc(Br)cc3)OC(=N)C(C#N)(C2C)C1(C#N)C#N. The highest BCUT2D eigenvalue weighted by atomic mass is 79.9. The fourth-order valence-electron chi connectivity index (χ4n) is 4.21. The van der Waals surface area contributed by atoms with E-state index in [2.05, 4.69) is 22.0 Å². The highest BCUT2D eigenvalue weighted by molar-refractivity contribution is 9.10. The molecule has 4 unspecified atom stereocenters. The molecule has 2 heterocycles. The summed E-state index contributed by atoms with van der Waals surface area (Å²) in [6.07, 6.45) is -0.889. The van der Waals surface area contributed by atoms with Crippen molar-refractivity contribution in [2.75, 3.05) is 0 Å². The van der Waals surface area contributed by atoms with Crippen LogP contribution >= 0.6 is 15.9 Å². The first-order chi connectivity index (χ1) is 12.3. The minimum absolute atomic E-state index is 0.237. The van der Waals surface area contributed by atoms with Crippen molar-refractivity contribution in [3.63, 3.8) is 0 Å². The molecule has 0 amide bonds. The normalized spacial score (nSPS) is 34.5. The van der Waals surface area contributed by atoms with E-state index < -0.39 is 28.6 Å². The molecule has 0 aliphatic carbocycles. The smallest absolute Gasteiger partial charge is 0.243 e. The van der Waals surface area contributed by atoms with E-state index in [1.54, 1.807) is 19.1 Å². The van der Waals surface area contributed by atoms with Gasteiger partial charge in [-0.25, -0.2) is 0 Å². The van der Waals surface area contributed by atoms with Crippen LogP contribution in [0.2, 0.25) is 0 Å². The second-order valence-electron chi connectivity index (χ2n) is 7.06. The molecule has 3 rings (SSSR count). The number of benzene rings is 1. The standard InChI is InChI=1S/C19H17BrN4O2/c1-11(2)15-17(8-21,9-22)18(10-23)12(3)19(25-15,26-16(18)24)13-4-6-14(20)7-5-13/h4-7,11-12,15,24H,1-3H3. The van der Waals surface area contributed by atoms with E-state index in [0.717, 1.165) is 4.47 Å². The molecular formula is C19H17BrN4O2. The number of hydrogen-bond donors (Lipinski definition) is 1. The third-order valence-electron chi connectivity index (χ3n) is 5.56. The van der Waals surface area contributed by atoms with Gasteiger partial charge in [0.05, 0.1) is 30.2 Å². The lowest BCUT2D eigenvalue weighted by Gasteiger charge is -2.50. The number of rotatable bonds is 2. The van der Waals surface area contributed by atoms with Crippen LogP contribution in [0.1, 0.15) is 26.3 Å². The molecule has 0 spiro atoms. The minimum atomic E-state index is -1.83. The molecule has 4 atom stereocenters. The fraction of sp³-hybridized carbons (Fsp3) is 0.474. The van der Waals surface area contributed by atoms with Crippen molar-refractivity contribution in [3.05, 3.63) is 34.3 Å². The molecule has 1 N–H and O–H groups in total. The Kier molecular flexibility index (Phi) is 4.11. The zero-order chi connectivity index (χ0) is 19.3. The van der Waals surface area contributed by atoms with Crippen LogP contribution in [0.3, 0.4) is 0 Å². The average Bonchev–Trinajstić information content (AvgIpc) is 2.78. The first kappa shape index (κ1) is 18.4. The Labute approximate surface area is 160 Å². The number of ether oxygens (including phenoxy) is 2. The van der Waals surface area contributed by atoms with E-state index in [9.17, 15) is 15.8 Å². The van der Waals surface area contributed by atoms with Gasteiger partial charge in [0.2, 0.25) is 11.7 Å². The van der Waals surface area contributed by atoms with Crippen LogP contribution in [-0.2, 0) is 15.3 Å². The molecule has 2 aliphatic rings. The molecule has 1 aromatic rings. The summed E-state index contributed by atoms with van der Waals surface area (Å²) >= 11 is 3.38. The molecule has 2 fully saturated rings. The molecule has 132 valence electrons. The summed E-state index contributed by atoms with van der Waals surface area (Å²) < 4.78 is 13.0. The lowest BCUT2D eigenvalue weighted by Crippen LogP contribution is -2.62. The van der Waals surface area contributed by atoms with E-state index in [1.165, 1.54) is 0 Å². The van der Waals surface area contributed by atoms with Crippen molar-refractivity contribution in [3.8, 4) is 18.2 Å². The topological polar surface area (TPSA) is 114 Å². The van der Waals surface area contributed by atoms with Crippen LogP contribution in [0.5, 0.6) is 0 Å². The zero-order valence-electron chi connectivity index (χ0n) is 14.6. The van der Waals surface area contributed by atoms with Crippen LogP contribution in [0.4, 0.5) is 0 Å². The monoisotopic (exact) mass is 412 g/mol. The second kappa shape index (κ2) is 5.81. The van der Waals surface area contributed by atoms with Gasteiger partial charge in [0.25, 0.3) is 0 Å². The number of fused-ring (bicyclic) bond motifs is 2. The van der Waals surface area contributed by atoms with E-state index in [4.69, 9.17) is 14.9 Å². The predicted molar refractivity (Wildman–Crippen MR) is 95.2 cm³/mol. The molecule has 0 radical (unpaired) electrons. The summed E-state index contributed by atoms with van der Waals surface area (Å²) in [6.45, 7) is 5.35. The van der Waals surface area contributed by atoms with Crippen molar-refractivity contribution >= 4 is 21.8 Å². The molecule has 2 bridgehead atoms. The van der Waals surface area contributed by atoms with Crippen molar-refractivity contribution in [1.82, 2.24) is 0 Å². The molecule has 6 nitrogen and oxygen atoms in total. The van der Waals surface area contributed by atoms with E-state index in [-0.39, 0.29) is 11.8 Å². The highest BCUT2D eigenvalue weighted by Crippen LogP contribution is 2.66. The summed E-state index contributed by atoms with van der Waals surface area (Å²) in [5, 5.41) is 38.4. The average molecular weight is 413 g/mol. The number of halogens is 1. The van der Waals surface area contributed by atoms with Gasteiger partial charge in [-0.1, -0.05) is 48.8 Å². The minimum Gasteiger partial charge on any atom is -0.443 e. The molecular weight excluding hydrogens is 396 g/mol. The maximum Gasteiger partial charge on any atom is 0.243 e. The molecule has 0 saturated carbocycles. The zero-order valence-corrected chi connectivity index (χ0v) is 16.2. The summed E-state index contributed by atoms with van der Waals surface area (Å²) in [7, 11) is 0. The Bertz CT molecular complexity index is 878. The molecule has 7 heteroatoms. The van der Waals surface area contributed by atoms with Crippen LogP contribution in [-0.4, -0.2) is 12.0 Å². The summed E-state index contributed by atoms with van der Waals surface area (Å²) in [5.41, 5.74) is -2.90. The molecule has 2 aliphatic heterocycles.